The molecule has 234 valence electrons. The smallest absolute Gasteiger partial charge is 0.335 e. The number of ether oxygens (including phenoxy) is 3. The number of likely N-dealkylation sites (N-methyl/N-ethyl adjacent to an activating group) is 1. The van der Waals surface area contributed by atoms with E-state index < -0.39 is 0 Å². The van der Waals surface area contributed by atoms with Crippen LogP contribution in [0.4, 0.5) is 27.7 Å². The van der Waals surface area contributed by atoms with Crippen LogP contribution in [0.5, 0.6) is 17.2 Å². The monoisotopic (exact) mass is 608 g/mol. The molecule has 0 radical (unpaired) electrons. The van der Waals surface area contributed by atoms with Gasteiger partial charge in [0, 0.05) is 50.4 Å². The maximum absolute atomic E-state index is 14.5. The topological polar surface area (TPSA) is 83.5 Å². The summed E-state index contributed by atoms with van der Waals surface area (Å²) in [6.07, 6.45) is 2.32. The van der Waals surface area contributed by atoms with E-state index >= 15 is 0 Å². The van der Waals surface area contributed by atoms with E-state index in [-0.39, 0.29) is 6.03 Å². The van der Waals surface area contributed by atoms with Gasteiger partial charge in [-0.15, -0.1) is 0 Å². The summed E-state index contributed by atoms with van der Waals surface area (Å²) in [7, 11) is 7.05. The van der Waals surface area contributed by atoms with Crippen LogP contribution in [-0.4, -0.2) is 75.5 Å². The number of fused-ring (bicyclic) bond motifs is 1. The third-order valence-electron chi connectivity index (χ3n) is 8.64. The fourth-order valence-electron chi connectivity index (χ4n) is 6.19. The number of anilines is 4. The minimum Gasteiger partial charge on any atom is -0.497 e. The average molecular weight is 609 g/mol. The molecule has 3 heterocycles. The Hall–Kier alpha value is -4.83. The Kier molecular flexibility index (Phi) is 8.49. The SMILES string of the molecule is COc1ccc(N2C(=O)N(c3c(C)cccc3C)Cc3cnc(Cc4ccc(N5CCN(C)CC5)c(OC)c4)nc32)c(OC)c1. The Morgan fingerprint density at radius 2 is 1.51 bits per heavy atom. The third kappa shape index (κ3) is 5.85. The molecule has 0 saturated carbocycles. The zero-order valence-corrected chi connectivity index (χ0v) is 26.8. The number of benzene rings is 3. The molecule has 1 aromatic heterocycles. The van der Waals surface area contributed by atoms with Gasteiger partial charge < -0.3 is 24.0 Å². The van der Waals surface area contributed by atoms with Crippen molar-refractivity contribution in [1.29, 1.82) is 0 Å². The molecule has 10 nitrogen and oxygen atoms in total. The largest absolute Gasteiger partial charge is 0.497 e. The van der Waals surface area contributed by atoms with Crippen LogP contribution in [0.25, 0.3) is 0 Å². The Bertz CT molecular complexity index is 1700. The first-order valence-electron chi connectivity index (χ1n) is 15.2. The van der Waals surface area contributed by atoms with Crippen molar-refractivity contribution in [2.45, 2.75) is 26.8 Å². The maximum Gasteiger partial charge on any atom is 0.335 e. The Morgan fingerprint density at radius 3 is 2.20 bits per heavy atom. The molecule has 1 saturated heterocycles. The van der Waals surface area contributed by atoms with Gasteiger partial charge in [0.2, 0.25) is 0 Å². The van der Waals surface area contributed by atoms with E-state index in [1.807, 2.05) is 50.4 Å². The predicted octanol–water partition coefficient (Wildman–Crippen LogP) is 5.74. The number of urea groups is 1. The first-order valence-corrected chi connectivity index (χ1v) is 15.2. The van der Waals surface area contributed by atoms with Gasteiger partial charge in [-0.1, -0.05) is 24.3 Å². The summed E-state index contributed by atoms with van der Waals surface area (Å²) in [5.41, 5.74) is 6.43. The second-order valence-electron chi connectivity index (χ2n) is 11.6. The molecule has 0 bridgehead atoms. The molecule has 0 unspecified atom stereocenters. The Balaban J connectivity index is 1.39. The standard InChI is InChI=1S/C35H40N6O4/c1-23-8-7-9-24(2)33(23)40-22-26-21-36-32(19-25-10-12-28(30(18-25)44-5)39-16-14-38(3)15-17-39)37-34(26)41(35(40)42)29-13-11-27(43-4)20-31(29)45-6/h7-13,18,20-21H,14-17,19,22H2,1-6H3. The number of carbonyl (C=O) groups excluding carboxylic acids is 1. The quantitative estimate of drug-likeness (QED) is 0.251. The molecule has 0 atom stereocenters. The van der Waals surface area contributed by atoms with Crippen LogP contribution in [0.15, 0.2) is 60.8 Å². The molecule has 0 spiro atoms. The summed E-state index contributed by atoms with van der Waals surface area (Å²) in [4.78, 5) is 32.4. The first kappa shape index (κ1) is 30.2. The lowest BCUT2D eigenvalue weighted by atomic mass is 10.1. The second kappa shape index (κ2) is 12.6. The molecule has 2 aliphatic heterocycles. The van der Waals surface area contributed by atoms with E-state index in [1.54, 1.807) is 37.2 Å². The van der Waals surface area contributed by atoms with Crippen LogP contribution in [0, 0.1) is 13.8 Å². The van der Waals surface area contributed by atoms with Crippen molar-refractivity contribution in [3.8, 4) is 17.2 Å². The Labute approximate surface area is 264 Å². The fraction of sp³-hybridized carbons (Fsp3) is 0.343. The van der Waals surface area contributed by atoms with Gasteiger partial charge in [-0.25, -0.2) is 19.7 Å². The van der Waals surface area contributed by atoms with Crippen molar-refractivity contribution in [2.75, 3.05) is 69.3 Å². The van der Waals surface area contributed by atoms with Gasteiger partial charge in [-0.2, -0.15) is 0 Å². The highest BCUT2D eigenvalue weighted by atomic mass is 16.5. The van der Waals surface area contributed by atoms with Crippen molar-refractivity contribution >= 4 is 28.9 Å². The zero-order valence-electron chi connectivity index (χ0n) is 26.8. The normalized spacial score (nSPS) is 15.2. The number of methoxy groups -OCH3 is 3. The lowest BCUT2D eigenvalue weighted by molar-refractivity contribution is 0.252. The summed E-state index contributed by atoms with van der Waals surface area (Å²) in [6, 6.07) is 17.5. The number of nitrogens with zero attached hydrogens (tertiary/aromatic N) is 6. The average Bonchev–Trinajstić information content (AvgIpc) is 3.05. The van der Waals surface area contributed by atoms with Crippen LogP contribution in [0.1, 0.15) is 28.1 Å². The Morgan fingerprint density at radius 1 is 0.822 bits per heavy atom. The van der Waals surface area contributed by atoms with Crippen molar-refractivity contribution in [3.63, 3.8) is 0 Å². The number of amides is 2. The molecule has 0 aliphatic carbocycles. The van der Waals surface area contributed by atoms with Crippen molar-refractivity contribution < 1.29 is 19.0 Å². The van der Waals surface area contributed by atoms with E-state index in [9.17, 15) is 4.79 Å². The number of hydrogen-bond donors (Lipinski definition) is 0. The summed E-state index contributed by atoms with van der Waals surface area (Å²) in [5, 5.41) is 0. The van der Waals surface area contributed by atoms with Gasteiger partial charge in [-0.05, 0) is 61.9 Å². The zero-order chi connectivity index (χ0) is 31.7. The summed E-state index contributed by atoms with van der Waals surface area (Å²) < 4.78 is 17.0. The molecule has 1 fully saturated rings. The third-order valence-corrected chi connectivity index (χ3v) is 8.64. The molecular weight excluding hydrogens is 568 g/mol. The highest BCUT2D eigenvalue weighted by Gasteiger charge is 2.37. The van der Waals surface area contributed by atoms with E-state index in [1.165, 1.54) is 0 Å². The van der Waals surface area contributed by atoms with Gasteiger partial charge >= 0.3 is 6.03 Å². The van der Waals surface area contributed by atoms with Crippen LogP contribution in [0.2, 0.25) is 0 Å². The van der Waals surface area contributed by atoms with E-state index in [4.69, 9.17) is 24.2 Å². The van der Waals surface area contributed by atoms with Crippen LogP contribution >= 0.6 is 0 Å². The van der Waals surface area contributed by atoms with Gasteiger partial charge in [0.1, 0.15) is 28.9 Å². The number of aryl methyl sites for hydroxylation is 2. The molecule has 3 aromatic carbocycles. The molecular formula is C35H40N6O4. The van der Waals surface area contributed by atoms with Gasteiger partial charge in [0.05, 0.1) is 44.9 Å². The highest BCUT2D eigenvalue weighted by Crippen LogP contribution is 2.42. The minimum absolute atomic E-state index is 0.216. The van der Waals surface area contributed by atoms with E-state index in [2.05, 4.69) is 35.0 Å². The first-order chi connectivity index (χ1) is 21.8. The molecule has 6 rings (SSSR count). The minimum atomic E-state index is -0.216. The molecule has 0 N–H and O–H groups in total. The van der Waals surface area contributed by atoms with E-state index in [0.717, 1.165) is 65.6 Å². The molecule has 4 aromatic rings. The van der Waals surface area contributed by atoms with Crippen molar-refractivity contribution in [3.05, 3.63) is 88.9 Å². The summed E-state index contributed by atoms with van der Waals surface area (Å²) in [5.74, 6) is 3.11. The molecule has 10 heteroatoms. The lowest BCUT2D eigenvalue weighted by Gasteiger charge is -2.37. The van der Waals surface area contributed by atoms with Crippen LogP contribution in [0.3, 0.4) is 0 Å². The number of aromatic nitrogens is 2. The van der Waals surface area contributed by atoms with E-state index in [0.29, 0.717) is 41.8 Å². The van der Waals surface area contributed by atoms with Crippen LogP contribution < -0.4 is 28.9 Å². The number of piperazine rings is 1. The predicted molar refractivity (Wildman–Crippen MR) is 177 cm³/mol. The molecule has 2 aliphatic rings. The van der Waals surface area contributed by atoms with Gasteiger partial charge in [0.15, 0.2) is 0 Å². The fourth-order valence-corrected chi connectivity index (χ4v) is 6.19. The molecule has 2 amide bonds. The molecule has 45 heavy (non-hydrogen) atoms. The van der Waals surface area contributed by atoms with Crippen LogP contribution in [-0.2, 0) is 13.0 Å². The number of para-hydroxylation sites is 1. The number of rotatable bonds is 8. The second-order valence-corrected chi connectivity index (χ2v) is 11.6. The summed E-state index contributed by atoms with van der Waals surface area (Å²) >= 11 is 0. The van der Waals surface area contributed by atoms with Gasteiger partial charge in [-0.3, -0.25) is 4.90 Å². The maximum atomic E-state index is 14.5. The van der Waals surface area contributed by atoms with Crippen molar-refractivity contribution in [2.24, 2.45) is 0 Å². The van der Waals surface area contributed by atoms with Gasteiger partial charge in [0.25, 0.3) is 0 Å². The van der Waals surface area contributed by atoms with Crippen molar-refractivity contribution in [1.82, 2.24) is 14.9 Å². The summed E-state index contributed by atoms with van der Waals surface area (Å²) in [6.45, 7) is 8.34. The lowest BCUT2D eigenvalue weighted by Crippen LogP contribution is -2.46. The number of carbonyl (C=O) groups is 1. The highest BCUT2D eigenvalue weighted by molar-refractivity contribution is 6.11. The number of hydrogen-bond acceptors (Lipinski definition) is 8.